The summed E-state index contributed by atoms with van der Waals surface area (Å²) in [5.41, 5.74) is 0.396. The van der Waals surface area contributed by atoms with Crippen LogP contribution in [0, 0.1) is 0 Å². The van der Waals surface area contributed by atoms with Crippen molar-refractivity contribution in [3.63, 3.8) is 0 Å². The Morgan fingerprint density at radius 1 is 0.871 bits per heavy atom. The second-order valence-electron chi connectivity index (χ2n) is 5.54. The number of alkyl halides is 1. The Labute approximate surface area is 187 Å². The predicted octanol–water partition coefficient (Wildman–Crippen LogP) is 2.70. The van der Waals surface area contributed by atoms with Gasteiger partial charge in [0.2, 0.25) is 0 Å². The van der Waals surface area contributed by atoms with Crippen molar-refractivity contribution in [2.75, 3.05) is 19.1 Å². The van der Waals surface area contributed by atoms with E-state index in [-0.39, 0.29) is 45.1 Å². The summed E-state index contributed by atoms with van der Waals surface area (Å²) in [6.07, 6.45) is -1.91. The van der Waals surface area contributed by atoms with Gasteiger partial charge >= 0.3 is 27.6 Å². The molecule has 2 unspecified atom stereocenters. The minimum atomic E-state index is -4.62. The highest BCUT2D eigenvalue weighted by atomic mass is 35.5. The molecule has 0 aromatic rings. The van der Waals surface area contributed by atoms with Crippen LogP contribution in [0.4, 0.5) is 0 Å². The molecular weight excluding hydrogens is 482 g/mol. The van der Waals surface area contributed by atoms with Crippen LogP contribution in [0.1, 0.15) is 35.6 Å². The number of rotatable bonds is 11. The molecule has 31 heavy (non-hydrogen) atoms. The Kier molecular flexibility index (Phi) is 21.0. The minimum Gasteiger partial charge on any atom is -0.460 e. The van der Waals surface area contributed by atoms with Gasteiger partial charge in [-0.15, -0.1) is 11.6 Å². The molecular formula is C16H33ClO12P2. The second-order valence-corrected chi connectivity index (χ2v) is 8.23. The van der Waals surface area contributed by atoms with E-state index in [0.717, 1.165) is 0 Å². The van der Waals surface area contributed by atoms with Crippen LogP contribution in [0.25, 0.3) is 0 Å². The number of carbonyl (C=O) groups excluding carboxylic acids is 2. The lowest BCUT2D eigenvalue weighted by Crippen LogP contribution is -2.23. The van der Waals surface area contributed by atoms with Gasteiger partial charge in [0.25, 0.3) is 0 Å². The van der Waals surface area contributed by atoms with Gasteiger partial charge in [0.15, 0.2) is 0 Å². The molecule has 15 heteroatoms. The van der Waals surface area contributed by atoms with E-state index in [0.29, 0.717) is 0 Å². The van der Waals surface area contributed by atoms with Crippen LogP contribution >= 0.6 is 27.2 Å². The van der Waals surface area contributed by atoms with Gasteiger partial charge in [-0.05, 0) is 20.8 Å². The van der Waals surface area contributed by atoms with E-state index in [1.165, 1.54) is 20.8 Å². The van der Waals surface area contributed by atoms with E-state index in [1.807, 2.05) is 0 Å². The van der Waals surface area contributed by atoms with Gasteiger partial charge in [-0.25, -0.2) is 18.7 Å². The zero-order chi connectivity index (χ0) is 23.4. The van der Waals surface area contributed by atoms with Gasteiger partial charge in [-0.2, -0.15) is 0 Å². The molecule has 0 fully saturated rings. The molecule has 0 saturated carbocycles. The van der Waals surface area contributed by atoms with Crippen molar-refractivity contribution in [3.05, 3.63) is 24.3 Å². The van der Waals surface area contributed by atoms with E-state index in [4.69, 9.17) is 31.2 Å². The lowest BCUT2D eigenvalue weighted by molar-refractivity contribution is -0.142. The number of esters is 2. The van der Waals surface area contributed by atoms with Gasteiger partial charge < -0.3 is 29.0 Å². The van der Waals surface area contributed by atoms with Crippen LogP contribution in [-0.4, -0.2) is 62.8 Å². The topological polar surface area (TPSA) is 186 Å². The minimum absolute atomic E-state index is 0. The van der Waals surface area contributed by atoms with Gasteiger partial charge in [-0.3, -0.25) is 9.05 Å². The third-order valence-corrected chi connectivity index (χ3v) is 3.87. The fourth-order valence-electron chi connectivity index (χ4n) is 1.17. The normalized spacial score (nSPS) is 12.5. The first-order valence-electron chi connectivity index (χ1n) is 7.67. The van der Waals surface area contributed by atoms with Crippen LogP contribution in [-0.2, 0) is 37.2 Å². The molecule has 0 aliphatic rings. The zero-order valence-electron chi connectivity index (χ0n) is 16.0. The summed E-state index contributed by atoms with van der Waals surface area (Å²) >= 11 is 5.35. The van der Waals surface area contributed by atoms with Crippen molar-refractivity contribution in [3.8, 4) is 0 Å². The number of phosphoric acid groups is 2. The molecule has 12 nitrogen and oxygen atoms in total. The Morgan fingerprint density at radius 2 is 1.23 bits per heavy atom. The van der Waals surface area contributed by atoms with Crippen molar-refractivity contribution in [1.29, 1.82) is 0 Å². The fourth-order valence-corrected chi connectivity index (χ4v) is 2.46. The fraction of sp³-hybridized carbons (Fsp3) is 0.625. The number of phosphoric ester groups is 2. The predicted molar refractivity (Wildman–Crippen MR) is 115 cm³/mol. The first-order chi connectivity index (χ1) is 13.0. The number of hydrogen-bond acceptors (Lipinski definition) is 8. The van der Waals surface area contributed by atoms with Gasteiger partial charge in [0, 0.05) is 11.1 Å². The summed E-state index contributed by atoms with van der Waals surface area (Å²) in [5, 5.41) is 0. The molecule has 186 valence electrons. The van der Waals surface area contributed by atoms with Crippen LogP contribution in [0.5, 0.6) is 0 Å². The number of carbonyl (C=O) groups is 2. The summed E-state index contributed by atoms with van der Waals surface area (Å²) in [6, 6.07) is 0. The first-order valence-corrected chi connectivity index (χ1v) is 11.3. The highest BCUT2D eigenvalue weighted by Gasteiger charge is 2.23. The average Bonchev–Trinajstić information content (AvgIpc) is 2.53. The smallest absolute Gasteiger partial charge is 0.460 e. The Morgan fingerprint density at radius 3 is 1.52 bits per heavy atom. The number of halogens is 1. The van der Waals surface area contributed by atoms with Crippen molar-refractivity contribution >= 4 is 39.2 Å². The van der Waals surface area contributed by atoms with Gasteiger partial charge in [-0.1, -0.05) is 28.0 Å². The molecule has 0 aliphatic carbocycles. The SMILES string of the molecule is C.C.C=C(C)C(=O)OCC(C)OP(=O)(O)O.C=C(C)C(=O)OCC(CCl)OP(=O)(O)O. The molecule has 0 saturated heterocycles. The van der Waals surface area contributed by atoms with Crippen molar-refractivity contribution < 1.29 is 56.8 Å². The van der Waals surface area contributed by atoms with Crippen LogP contribution in [0.15, 0.2) is 24.3 Å². The molecule has 0 amide bonds. The summed E-state index contributed by atoms with van der Waals surface area (Å²) < 4.78 is 38.5. The highest BCUT2D eigenvalue weighted by molar-refractivity contribution is 7.46. The quantitative estimate of drug-likeness (QED) is 0.137. The zero-order valence-corrected chi connectivity index (χ0v) is 18.6. The first kappa shape index (κ1) is 37.3. The van der Waals surface area contributed by atoms with Crippen LogP contribution < -0.4 is 0 Å². The molecule has 0 bridgehead atoms. The largest absolute Gasteiger partial charge is 0.470 e. The maximum atomic E-state index is 10.9. The third kappa shape index (κ3) is 25.1. The highest BCUT2D eigenvalue weighted by Crippen LogP contribution is 2.38. The van der Waals surface area contributed by atoms with Crippen molar-refractivity contribution in [2.45, 2.75) is 47.8 Å². The molecule has 0 aliphatic heterocycles. The van der Waals surface area contributed by atoms with E-state index < -0.39 is 39.8 Å². The Hall–Kier alpha value is -1.07. The van der Waals surface area contributed by atoms with Crippen molar-refractivity contribution in [1.82, 2.24) is 0 Å². The number of ether oxygens (including phenoxy) is 2. The Balaban J connectivity index is -0.000000221. The summed E-state index contributed by atoms with van der Waals surface area (Å²) in [5.74, 6) is -1.49. The van der Waals surface area contributed by atoms with Gasteiger partial charge in [0.05, 0.1) is 5.88 Å². The standard InChI is InChI=1S/C7H12ClO6P.C7H13O6P.2CH4/c1-5(2)7(9)13-4-6(3-8)14-15(10,11)12;1-5(2)7(8)12-4-6(3)13-14(9,10)11;;/h6H,1,3-4H2,2H3,(H2,10,11,12);6H,1,4H2,2-3H3,(H2,9,10,11);2*1H4. The van der Waals surface area contributed by atoms with Gasteiger partial charge in [0.1, 0.15) is 25.4 Å². The molecule has 0 rings (SSSR count). The molecule has 0 spiro atoms. The average molecular weight is 515 g/mol. The number of hydrogen-bond donors (Lipinski definition) is 4. The molecule has 0 heterocycles. The van der Waals surface area contributed by atoms with E-state index in [2.05, 4.69) is 31.7 Å². The summed E-state index contributed by atoms with van der Waals surface area (Å²) in [7, 11) is -9.14. The molecule has 0 aromatic heterocycles. The lowest BCUT2D eigenvalue weighted by Gasteiger charge is -2.15. The monoisotopic (exact) mass is 514 g/mol. The van der Waals surface area contributed by atoms with Crippen LogP contribution in [0.3, 0.4) is 0 Å². The summed E-state index contributed by atoms with van der Waals surface area (Å²) in [6.45, 7) is 10.4. The van der Waals surface area contributed by atoms with Crippen LogP contribution in [0.2, 0.25) is 0 Å². The lowest BCUT2D eigenvalue weighted by atomic mass is 10.3. The maximum Gasteiger partial charge on any atom is 0.470 e. The molecule has 0 radical (unpaired) electrons. The van der Waals surface area contributed by atoms with E-state index in [9.17, 15) is 18.7 Å². The molecule has 0 aromatic carbocycles. The molecule has 4 N–H and O–H groups in total. The third-order valence-electron chi connectivity index (χ3n) is 2.32. The molecule has 2 atom stereocenters. The summed E-state index contributed by atoms with van der Waals surface area (Å²) in [4.78, 5) is 55.5. The Bertz CT molecular complexity index is 670. The van der Waals surface area contributed by atoms with E-state index >= 15 is 0 Å². The van der Waals surface area contributed by atoms with E-state index in [1.54, 1.807) is 0 Å². The maximum absolute atomic E-state index is 10.9. The second kappa shape index (κ2) is 17.5. The van der Waals surface area contributed by atoms with Crippen molar-refractivity contribution in [2.24, 2.45) is 0 Å².